The number of methoxy groups -OCH3 is 1. The molecule has 3 N–H and O–H groups in total. The summed E-state index contributed by atoms with van der Waals surface area (Å²) in [5.74, 6) is 1.17. The summed E-state index contributed by atoms with van der Waals surface area (Å²) >= 11 is 0. The van der Waals surface area contributed by atoms with E-state index in [1.54, 1.807) is 12.0 Å². The van der Waals surface area contributed by atoms with Gasteiger partial charge in [0.1, 0.15) is 23.7 Å². The van der Waals surface area contributed by atoms with Crippen LogP contribution in [0.2, 0.25) is 0 Å². The number of nitrogens with zero attached hydrogens (tertiary/aromatic N) is 4. The first kappa shape index (κ1) is 28.2. The molecule has 0 bridgehead atoms. The number of benzene rings is 2. The van der Waals surface area contributed by atoms with E-state index in [1.165, 1.54) is 5.56 Å². The number of ether oxygens (including phenoxy) is 2. The molecule has 0 spiro atoms. The molecular weight excluding hydrogens is 522 g/mol. The van der Waals surface area contributed by atoms with E-state index in [1.807, 2.05) is 48.3 Å². The molecule has 2 aromatic carbocycles. The molecule has 1 aliphatic heterocycles. The van der Waals surface area contributed by atoms with E-state index in [9.17, 15) is 9.59 Å². The molecule has 3 aromatic rings. The number of amides is 1. The number of carbonyl (C=O) groups is 2. The van der Waals surface area contributed by atoms with Crippen LogP contribution in [-0.2, 0) is 11.2 Å². The third kappa shape index (κ3) is 6.53. The average molecular weight is 560 g/mol. The van der Waals surface area contributed by atoms with Crippen LogP contribution in [0.25, 0.3) is 0 Å². The van der Waals surface area contributed by atoms with Crippen molar-refractivity contribution in [2.45, 2.75) is 44.4 Å². The normalized spacial score (nSPS) is 18.7. The van der Waals surface area contributed by atoms with Crippen LogP contribution in [0.4, 0.5) is 17.5 Å². The first-order valence-electron chi connectivity index (χ1n) is 14.1. The standard InChI is InChI=1S/C31H37N5O5/c1-35(16-15-20-5-13-25(40-2)14-6-20)31-33-28(32)27-29(34-31)41-18-17-36(30(27)39)24-11-9-23(10-12-24)22-7-3-21(4-8-22)19-26(37)38/h5-6,9-14,21-22H,3-4,7-8,15-19H2,1-2H3,(H,37,38)(H2,32,33,34)/t21-,22-. The fraction of sp³-hybridized carbons (Fsp3) is 0.419. The molecule has 0 saturated heterocycles. The molecule has 1 aliphatic carbocycles. The Morgan fingerprint density at radius 3 is 2.46 bits per heavy atom. The molecule has 1 fully saturated rings. The van der Waals surface area contributed by atoms with Gasteiger partial charge in [-0.05, 0) is 79.3 Å². The van der Waals surface area contributed by atoms with Gasteiger partial charge < -0.3 is 30.1 Å². The number of nitrogen functional groups attached to an aromatic ring is 1. The number of anilines is 3. The molecule has 1 amide bonds. The lowest BCUT2D eigenvalue weighted by molar-refractivity contribution is -0.138. The Balaban J connectivity index is 1.25. The highest BCUT2D eigenvalue weighted by atomic mass is 16.5. The van der Waals surface area contributed by atoms with Crippen LogP contribution < -0.4 is 25.0 Å². The van der Waals surface area contributed by atoms with Crippen molar-refractivity contribution in [3.05, 3.63) is 65.2 Å². The van der Waals surface area contributed by atoms with Crippen LogP contribution in [0.1, 0.15) is 59.5 Å². The quantitative estimate of drug-likeness (QED) is 0.388. The second kappa shape index (κ2) is 12.4. The maximum Gasteiger partial charge on any atom is 0.303 e. The maximum atomic E-state index is 13.6. The molecule has 0 unspecified atom stereocenters. The van der Waals surface area contributed by atoms with E-state index in [2.05, 4.69) is 22.1 Å². The van der Waals surface area contributed by atoms with Crippen molar-refractivity contribution in [1.82, 2.24) is 9.97 Å². The van der Waals surface area contributed by atoms with Crippen LogP contribution in [0.15, 0.2) is 48.5 Å². The molecule has 41 heavy (non-hydrogen) atoms. The van der Waals surface area contributed by atoms with Gasteiger partial charge in [-0.3, -0.25) is 9.59 Å². The van der Waals surface area contributed by atoms with Gasteiger partial charge in [0.25, 0.3) is 5.91 Å². The Labute approximate surface area is 240 Å². The van der Waals surface area contributed by atoms with Gasteiger partial charge >= 0.3 is 5.97 Å². The number of hydrogen-bond acceptors (Lipinski definition) is 8. The lowest BCUT2D eigenvalue weighted by Gasteiger charge is -2.28. The van der Waals surface area contributed by atoms with Gasteiger partial charge in [-0.15, -0.1) is 0 Å². The van der Waals surface area contributed by atoms with Crippen molar-refractivity contribution < 1.29 is 24.2 Å². The first-order valence-corrected chi connectivity index (χ1v) is 14.1. The predicted molar refractivity (Wildman–Crippen MR) is 157 cm³/mol. The minimum Gasteiger partial charge on any atom is -0.497 e. The summed E-state index contributed by atoms with van der Waals surface area (Å²) in [5, 5.41) is 9.07. The average Bonchev–Trinajstić information content (AvgIpc) is 3.15. The van der Waals surface area contributed by atoms with Crippen molar-refractivity contribution in [1.29, 1.82) is 0 Å². The number of hydrogen-bond donors (Lipinski definition) is 2. The Bertz CT molecular complexity index is 1370. The highest BCUT2D eigenvalue weighted by molar-refractivity contribution is 6.10. The van der Waals surface area contributed by atoms with Crippen molar-refractivity contribution in [2.75, 3.05) is 49.4 Å². The molecule has 216 valence electrons. The van der Waals surface area contributed by atoms with Gasteiger partial charge in [0.2, 0.25) is 11.8 Å². The molecular formula is C31H37N5O5. The number of carbonyl (C=O) groups excluding carboxylic acids is 1. The number of aliphatic carboxylic acids is 1. The van der Waals surface area contributed by atoms with E-state index >= 15 is 0 Å². The number of likely N-dealkylation sites (N-methyl/N-ethyl adjacent to an activating group) is 1. The van der Waals surface area contributed by atoms with E-state index in [0.717, 1.165) is 49.1 Å². The summed E-state index contributed by atoms with van der Waals surface area (Å²) < 4.78 is 11.1. The van der Waals surface area contributed by atoms with Crippen molar-refractivity contribution >= 4 is 29.3 Å². The Kier molecular flexibility index (Phi) is 8.56. The molecule has 10 heteroatoms. The van der Waals surface area contributed by atoms with E-state index < -0.39 is 5.97 Å². The smallest absolute Gasteiger partial charge is 0.303 e. The van der Waals surface area contributed by atoms with Crippen LogP contribution in [-0.4, -0.2) is 60.8 Å². The zero-order valence-electron chi connectivity index (χ0n) is 23.6. The lowest BCUT2D eigenvalue weighted by Crippen LogP contribution is -2.33. The third-order valence-electron chi connectivity index (χ3n) is 8.13. The van der Waals surface area contributed by atoms with Crippen LogP contribution in [0.3, 0.4) is 0 Å². The van der Waals surface area contributed by atoms with Gasteiger partial charge in [0.15, 0.2) is 0 Å². The van der Waals surface area contributed by atoms with Crippen molar-refractivity contribution in [3.63, 3.8) is 0 Å². The minimum absolute atomic E-state index is 0.0907. The third-order valence-corrected chi connectivity index (χ3v) is 8.13. The molecule has 0 atom stereocenters. The SMILES string of the molecule is COc1ccc(CCN(C)c2nc(N)c3c(n2)OCCN(c2ccc([C@H]4CC[C@H](CC(=O)O)CC4)cc2)C3=O)cc1. The summed E-state index contributed by atoms with van der Waals surface area (Å²) in [5.41, 5.74) is 9.63. The molecule has 1 aromatic heterocycles. The van der Waals surface area contributed by atoms with E-state index in [0.29, 0.717) is 25.0 Å². The van der Waals surface area contributed by atoms with Gasteiger partial charge in [-0.2, -0.15) is 9.97 Å². The summed E-state index contributed by atoms with van der Waals surface area (Å²) in [4.78, 5) is 37.2. The second-order valence-electron chi connectivity index (χ2n) is 10.8. The maximum absolute atomic E-state index is 13.6. The van der Waals surface area contributed by atoms with E-state index in [4.69, 9.17) is 20.3 Å². The largest absolute Gasteiger partial charge is 0.497 e. The summed E-state index contributed by atoms with van der Waals surface area (Å²) in [6.07, 6.45) is 4.83. The van der Waals surface area contributed by atoms with Crippen molar-refractivity contribution in [2.24, 2.45) is 5.92 Å². The van der Waals surface area contributed by atoms with Crippen LogP contribution in [0, 0.1) is 5.92 Å². The number of rotatable bonds is 9. The summed E-state index contributed by atoms with van der Waals surface area (Å²) in [6, 6.07) is 16.0. The first-order chi connectivity index (χ1) is 19.8. The number of carboxylic acids is 1. The molecule has 5 rings (SSSR count). The fourth-order valence-electron chi connectivity index (χ4n) is 5.70. The number of fused-ring (bicyclic) bond motifs is 1. The minimum atomic E-state index is -0.718. The lowest BCUT2D eigenvalue weighted by atomic mass is 9.77. The fourth-order valence-corrected chi connectivity index (χ4v) is 5.70. The van der Waals surface area contributed by atoms with E-state index in [-0.39, 0.29) is 42.1 Å². The molecule has 0 radical (unpaired) electrons. The Morgan fingerprint density at radius 1 is 1.10 bits per heavy atom. The van der Waals surface area contributed by atoms with Crippen LogP contribution >= 0.6 is 0 Å². The number of carboxylic acid groups (broad SMARTS) is 1. The highest BCUT2D eigenvalue weighted by Gasteiger charge is 2.31. The van der Waals surface area contributed by atoms with Gasteiger partial charge in [-0.25, -0.2) is 0 Å². The monoisotopic (exact) mass is 559 g/mol. The summed E-state index contributed by atoms with van der Waals surface area (Å²) in [6.45, 7) is 1.29. The number of nitrogens with two attached hydrogens (primary N) is 1. The highest BCUT2D eigenvalue weighted by Crippen LogP contribution is 2.38. The van der Waals surface area contributed by atoms with Gasteiger partial charge in [0, 0.05) is 25.7 Å². The Hall–Kier alpha value is -4.34. The molecule has 10 nitrogen and oxygen atoms in total. The second-order valence-corrected chi connectivity index (χ2v) is 10.8. The van der Waals surface area contributed by atoms with Crippen LogP contribution in [0.5, 0.6) is 11.6 Å². The Morgan fingerprint density at radius 2 is 1.80 bits per heavy atom. The number of aromatic nitrogens is 2. The summed E-state index contributed by atoms with van der Waals surface area (Å²) in [7, 11) is 3.53. The predicted octanol–water partition coefficient (Wildman–Crippen LogP) is 4.53. The van der Waals surface area contributed by atoms with Gasteiger partial charge in [-0.1, -0.05) is 24.3 Å². The molecule has 1 saturated carbocycles. The zero-order valence-corrected chi connectivity index (χ0v) is 23.6. The molecule has 2 aliphatic rings. The van der Waals surface area contributed by atoms with Gasteiger partial charge in [0.05, 0.1) is 13.7 Å². The zero-order chi connectivity index (χ0) is 28.9. The molecule has 2 heterocycles. The topological polar surface area (TPSA) is 131 Å². The van der Waals surface area contributed by atoms with Crippen molar-refractivity contribution in [3.8, 4) is 11.6 Å².